The molecule has 45 heavy (non-hydrogen) atoms. The van der Waals surface area contributed by atoms with Crippen molar-refractivity contribution in [2.24, 2.45) is 0 Å². The third-order valence-electron chi connectivity index (χ3n) is 7.02. The van der Waals surface area contributed by atoms with Gasteiger partial charge in [-0.15, -0.1) is 26.3 Å². The number of Topliss-reactive ketones (excluding diaryl/α,β-unsaturated/α-hetero) is 1. The summed E-state index contributed by atoms with van der Waals surface area (Å²) in [5.41, 5.74) is 4.23. The molecule has 0 saturated heterocycles. The Hall–Kier alpha value is -3.85. The van der Waals surface area contributed by atoms with Crippen molar-refractivity contribution in [3.63, 3.8) is 0 Å². The number of allylic oxidation sites excluding steroid dienone is 2. The highest BCUT2D eigenvalue weighted by Gasteiger charge is 2.31. The minimum Gasteiger partial charge on any atom is -0.406 e. The molecule has 0 bridgehead atoms. The molecule has 0 aromatic heterocycles. The van der Waals surface area contributed by atoms with E-state index >= 15 is 0 Å². The van der Waals surface area contributed by atoms with Gasteiger partial charge in [0, 0.05) is 18.3 Å². The number of ether oxygens (including phenoxy) is 1. The summed E-state index contributed by atoms with van der Waals surface area (Å²) in [4.78, 5) is 26.3. The van der Waals surface area contributed by atoms with Gasteiger partial charge in [0.15, 0.2) is 0 Å². The van der Waals surface area contributed by atoms with Crippen molar-refractivity contribution in [1.82, 2.24) is 15.5 Å². The van der Waals surface area contributed by atoms with Gasteiger partial charge in [0.25, 0.3) is 0 Å². The van der Waals surface area contributed by atoms with Crippen LogP contribution in [0.15, 0.2) is 86.1 Å². The molecule has 9 heteroatoms. The zero-order chi connectivity index (χ0) is 34.8. The average molecular weight is 632 g/mol. The van der Waals surface area contributed by atoms with Crippen molar-refractivity contribution in [1.29, 1.82) is 0 Å². The minimum absolute atomic E-state index is 0.0853. The van der Waals surface area contributed by atoms with Crippen LogP contribution >= 0.6 is 0 Å². The zero-order valence-corrected chi connectivity index (χ0v) is 28.2. The molecule has 0 radical (unpaired) electrons. The second-order valence-corrected chi connectivity index (χ2v) is 11.4. The second-order valence-electron chi connectivity index (χ2n) is 11.4. The summed E-state index contributed by atoms with van der Waals surface area (Å²) in [5, 5.41) is 5.52. The summed E-state index contributed by atoms with van der Waals surface area (Å²) < 4.78 is 39.0. The predicted octanol–water partition coefficient (Wildman–Crippen LogP) is 9.05. The number of carbonyl (C=O) groups excluding carboxylic acids is 2. The minimum atomic E-state index is -4.60. The lowest BCUT2D eigenvalue weighted by atomic mass is 9.86. The summed E-state index contributed by atoms with van der Waals surface area (Å²) >= 11 is 0. The van der Waals surface area contributed by atoms with E-state index in [0.717, 1.165) is 18.4 Å². The number of likely N-dealkylation sites (N-methyl/N-ethyl adjacent to an activating group) is 1. The molecular formula is C36H52F3N3O3. The van der Waals surface area contributed by atoms with Gasteiger partial charge in [0.05, 0.1) is 6.04 Å². The van der Waals surface area contributed by atoms with Gasteiger partial charge in [-0.1, -0.05) is 83.2 Å². The Kier molecular flexibility index (Phi) is 18.5. The van der Waals surface area contributed by atoms with E-state index < -0.39 is 6.36 Å². The number of rotatable bonds is 12. The fraction of sp³-hybridized carbons (Fsp3) is 0.444. The summed E-state index contributed by atoms with van der Waals surface area (Å²) in [6.07, 6.45) is 1.13. The first kappa shape index (κ1) is 41.1. The molecule has 250 valence electrons. The summed E-state index contributed by atoms with van der Waals surface area (Å²) in [5.74, 6) is -0.0783. The summed E-state index contributed by atoms with van der Waals surface area (Å²) in [7, 11) is 1.96. The van der Waals surface area contributed by atoms with E-state index in [2.05, 4.69) is 92.0 Å². The first-order valence-corrected chi connectivity index (χ1v) is 15.0. The van der Waals surface area contributed by atoms with Gasteiger partial charge in [-0.25, -0.2) is 4.79 Å². The fourth-order valence-electron chi connectivity index (χ4n) is 4.35. The molecule has 6 nitrogen and oxygen atoms in total. The van der Waals surface area contributed by atoms with E-state index in [1.54, 1.807) is 31.2 Å². The molecule has 0 aliphatic heterocycles. The van der Waals surface area contributed by atoms with Crippen LogP contribution in [0.2, 0.25) is 0 Å². The van der Waals surface area contributed by atoms with Crippen molar-refractivity contribution in [3.05, 3.63) is 103 Å². The van der Waals surface area contributed by atoms with Crippen LogP contribution in [0.5, 0.6) is 5.75 Å². The molecule has 0 fully saturated rings. The lowest BCUT2D eigenvalue weighted by Gasteiger charge is -2.32. The first-order valence-electron chi connectivity index (χ1n) is 15.0. The second kappa shape index (κ2) is 20.2. The number of nitrogens with zero attached hydrogens (tertiary/aromatic N) is 1. The molecular weight excluding hydrogens is 579 g/mol. The number of carbonyl (C=O) groups is 2. The molecule has 2 aromatic carbocycles. The Morgan fingerprint density at radius 1 is 1.02 bits per heavy atom. The molecule has 0 spiro atoms. The Balaban J connectivity index is 0.00000101. The largest absolute Gasteiger partial charge is 0.573 e. The number of hydrogen-bond acceptors (Lipinski definition) is 4. The first-order chi connectivity index (χ1) is 21.0. The van der Waals surface area contributed by atoms with Crippen LogP contribution in [0, 0.1) is 0 Å². The molecule has 0 saturated carbocycles. The van der Waals surface area contributed by atoms with Gasteiger partial charge in [0.2, 0.25) is 0 Å². The van der Waals surface area contributed by atoms with Crippen LogP contribution in [-0.2, 0) is 16.6 Å². The fourth-order valence-corrected chi connectivity index (χ4v) is 4.35. The summed E-state index contributed by atoms with van der Waals surface area (Å²) in [6.45, 7) is 24.2. The number of hydrogen-bond donors (Lipinski definition) is 2. The number of urea groups is 1. The van der Waals surface area contributed by atoms with Gasteiger partial charge >= 0.3 is 12.4 Å². The lowest BCUT2D eigenvalue weighted by Crippen LogP contribution is -2.43. The maximum absolute atomic E-state index is 12.3. The van der Waals surface area contributed by atoms with E-state index in [4.69, 9.17) is 0 Å². The number of aryl methyl sites for hydroxylation is 1. The van der Waals surface area contributed by atoms with Crippen molar-refractivity contribution >= 4 is 11.8 Å². The predicted molar refractivity (Wildman–Crippen MR) is 179 cm³/mol. The van der Waals surface area contributed by atoms with E-state index in [0.29, 0.717) is 18.7 Å². The monoisotopic (exact) mass is 631 g/mol. The third-order valence-corrected chi connectivity index (χ3v) is 7.02. The highest BCUT2D eigenvalue weighted by atomic mass is 19.4. The van der Waals surface area contributed by atoms with E-state index in [1.807, 2.05) is 20.9 Å². The van der Waals surface area contributed by atoms with Crippen LogP contribution < -0.4 is 15.4 Å². The molecule has 0 aliphatic rings. The quantitative estimate of drug-likeness (QED) is 0.181. The number of ketones is 1. The van der Waals surface area contributed by atoms with Crippen LogP contribution in [0.25, 0.3) is 0 Å². The van der Waals surface area contributed by atoms with Crippen molar-refractivity contribution in [2.45, 2.75) is 91.6 Å². The Labute approximate surface area is 268 Å². The number of benzene rings is 2. The molecule has 2 N–H and O–H groups in total. The molecule has 2 atom stereocenters. The smallest absolute Gasteiger partial charge is 0.406 e. The SMILES string of the molecule is C=C.C=C/C(=C\C)NC(=O)NCC[C@@H](C(C)=O)N(C)C(C)c1ccc(C(C)(C)C)cc1.CCCc1ccc(OC(F)(F)F)cc1. The maximum atomic E-state index is 12.3. The van der Waals surface area contributed by atoms with Crippen molar-refractivity contribution in [3.8, 4) is 5.75 Å². The topological polar surface area (TPSA) is 70.7 Å². The van der Waals surface area contributed by atoms with Crippen LogP contribution in [-0.4, -0.2) is 42.7 Å². The Bertz CT molecular complexity index is 1200. The number of alkyl halides is 3. The number of amides is 2. The summed E-state index contributed by atoms with van der Waals surface area (Å²) in [6, 6.07) is 14.1. The average Bonchev–Trinajstić information content (AvgIpc) is 2.98. The normalized spacial score (nSPS) is 12.8. The molecule has 1 unspecified atom stereocenters. The Morgan fingerprint density at radius 2 is 1.58 bits per heavy atom. The third kappa shape index (κ3) is 16.2. The van der Waals surface area contributed by atoms with Crippen LogP contribution in [0.3, 0.4) is 0 Å². The highest BCUT2D eigenvalue weighted by molar-refractivity contribution is 5.81. The van der Waals surface area contributed by atoms with Gasteiger partial charge in [-0.2, -0.15) is 0 Å². The standard InChI is InChI=1S/C24H37N3O2.C10H11F3O.C2H4/c1-9-21(10-2)26-23(29)25-16-15-22(18(4)28)27(8)17(3)19-11-13-20(14-12-19)24(5,6)7;1-2-3-8-4-6-9(7-5-8)14-10(11,12)13;1-2/h9-14,17,22H,1,15-16H2,2-8H3,(H2,25,26,29);4-7H,2-3H2,1H3;1-2H2/b21-10+;;/t17?,22-;;/m0../s1. The zero-order valence-electron chi connectivity index (χ0n) is 28.2. The molecule has 0 aliphatic carbocycles. The lowest BCUT2D eigenvalue weighted by molar-refractivity contribution is -0.274. The van der Waals surface area contributed by atoms with Crippen LogP contribution in [0.4, 0.5) is 18.0 Å². The van der Waals surface area contributed by atoms with Crippen molar-refractivity contribution in [2.75, 3.05) is 13.6 Å². The van der Waals surface area contributed by atoms with E-state index in [1.165, 1.54) is 23.3 Å². The van der Waals surface area contributed by atoms with Gasteiger partial charge < -0.3 is 15.4 Å². The maximum Gasteiger partial charge on any atom is 0.573 e. The van der Waals surface area contributed by atoms with Gasteiger partial charge in [-0.3, -0.25) is 9.69 Å². The van der Waals surface area contributed by atoms with E-state index in [9.17, 15) is 22.8 Å². The van der Waals surface area contributed by atoms with Crippen LogP contribution in [0.1, 0.15) is 84.0 Å². The van der Waals surface area contributed by atoms with Crippen molar-refractivity contribution < 1.29 is 27.5 Å². The Morgan fingerprint density at radius 3 is 2.00 bits per heavy atom. The number of halogens is 3. The molecule has 0 heterocycles. The van der Waals surface area contributed by atoms with Gasteiger partial charge in [0.1, 0.15) is 11.5 Å². The highest BCUT2D eigenvalue weighted by Crippen LogP contribution is 2.27. The number of nitrogens with one attached hydrogen (secondary N) is 2. The van der Waals surface area contributed by atoms with Gasteiger partial charge in [-0.05, 0) is 81.0 Å². The molecule has 2 rings (SSSR count). The molecule has 2 amide bonds. The van der Waals surface area contributed by atoms with E-state index in [-0.39, 0.29) is 35.1 Å². The molecule has 2 aromatic rings.